The van der Waals surface area contributed by atoms with Crippen LogP contribution < -0.4 is 4.74 Å². The number of ketones is 1. The van der Waals surface area contributed by atoms with E-state index in [1.807, 2.05) is 6.92 Å². The van der Waals surface area contributed by atoms with Crippen LogP contribution in [-0.4, -0.2) is 17.3 Å². The second-order valence-electron chi connectivity index (χ2n) is 2.01. The second kappa shape index (κ2) is 3.48. The fourth-order valence-corrected chi connectivity index (χ4v) is 1.38. The molecule has 0 aliphatic carbocycles. The normalized spacial score (nSPS) is 9.64. The van der Waals surface area contributed by atoms with Crippen LogP contribution in [0.1, 0.15) is 23.0 Å². The Hall–Kier alpha value is -0.900. The van der Waals surface area contributed by atoms with E-state index in [0.717, 1.165) is 0 Å². The van der Waals surface area contributed by atoms with Crippen LogP contribution in [0.15, 0.2) is 6.07 Å². The molecule has 11 heavy (non-hydrogen) atoms. The third-order valence-electron chi connectivity index (χ3n) is 1.29. The van der Waals surface area contributed by atoms with Crippen LogP contribution in [0.5, 0.6) is 5.88 Å². The molecular weight excluding hydrogens is 162 g/mol. The maximum absolute atomic E-state index is 11.1. The number of hydrogen-bond acceptors (Lipinski definition) is 4. The van der Waals surface area contributed by atoms with Crippen molar-refractivity contribution in [2.24, 2.45) is 0 Å². The molecule has 0 aliphatic heterocycles. The van der Waals surface area contributed by atoms with Crippen LogP contribution in [0.2, 0.25) is 0 Å². The Morgan fingerprint density at radius 3 is 3.00 bits per heavy atom. The molecular formula is C7H9NO2S. The van der Waals surface area contributed by atoms with Crippen LogP contribution in [0, 0.1) is 0 Å². The molecule has 0 aliphatic rings. The summed E-state index contributed by atoms with van der Waals surface area (Å²) in [7, 11) is 1.54. The number of nitrogens with zero attached hydrogens (tertiary/aromatic N) is 1. The summed E-state index contributed by atoms with van der Waals surface area (Å²) in [5.74, 6) is 0.637. The Balaban J connectivity index is 2.80. The van der Waals surface area contributed by atoms with Crippen molar-refractivity contribution < 1.29 is 9.53 Å². The Bertz CT molecular complexity index is 257. The second-order valence-corrected chi connectivity index (χ2v) is 2.82. The first kappa shape index (κ1) is 8.20. The molecule has 4 heteroatoms. The first-order valence-electron chi connectivity index (χ1n) is 3.31. The van der Waals surface area contributed by atoms with E-state index in [1.165, 1.54) is 18.6 Å². The number of aromatic nitrogens is 1. The van der Waals surface area contributed by atoms with Gasteiger partial charge in [0.1, 0.15) is 0 Å². The fraction of sp³-hybridized carbons (Fsp3) is 0.429. The van der Waals surface area contributed by atoms with Crippen LogP contribution >= 0.6 is 11.5 Å². The molecule has 0 bridgehead atoms. The van der Waals surface area contributed by atoms with E-state index < -0.39 is 0 Å². The van der Waals surface area contributed by atoms with Gasteiger partial charge in [0.05, 0.1) is 12.0 Å². The smallest absolute Gasteiger partial charge is 0.225 e. The van der Waals surface area contributed by atoms with Gasteiger partial charge in [-0.2, -0.15) is 4.37 Å². The van der Waals surface area contributed by atoms with E-state index in [4.69, 9.17) is 4.74 Å². The molecule has 1 aromatic heterocycles. The molecule has 0 fully saturated rings. The molecule has 0 atom stereocenters. The van der Waals surface area contributed by atoms with Gasteiger partial charge in [-0.15, -0.1) is 0 Å². The van der Waals surface area contributed by atoms with Crippen LogP contribution in [0.4, 0.5) is 0 Å². The topological polar surface area (TPSA) is 39.2 Å². The largest absolute Gasteiger partial charge is 0.480 e. The lowest BCUT2D eigenvalue weighted by Gasteiger charge is -1.87. The van der Waals surface area contributed by atoms with Crippen molar-refractivity contribution in [1.82, 2.24) is 4.37 Å². The summed E-state index contributed by atoms with van der Waals surface area (Å²) < 4.78 is 8.74. The molecule has 0 aromatic carbocycles. The first-order valence-corrected chi connectivity index (χ1v) is 4.09. The SMILES string of the molecule is CCC(=O)c1cc(OC)ns1. The number of ether oxygens (including phenoxy) is 1. The van der Waals surface area contributed by atoms with Gasteiger partial charge in [-0.05, 0) is 11.5 Å². The lowest BCUT2D eigenvalue weighted by molar-refractivity contribution is 0.0992. The van der Waals surface area contributed by atoms with E-state index in [1.54, 1.807) is 6.07 Å². The van der Waals surface area contributed by atoms with Crippen molar-refractivity contribution in [2.45, 2.75) is 13.3 Å². The molecule has 60 valence electrons. The lowest BCUT2D eigenvalue weighted by atomic mass is 10.3. The van der Waals surface area contributed by atoms with Crippen LogP contribution in [0.25, 0.3) is 0 Å². The van der Waals surface area contributed by atoms with Gasteiger partial charge in [0.25, 0.3) is 0 Å². The quantitative estimate of drug-likeness (QED) is 0.650. The minimum atomic E-state index is 0.116. The Labute approximate surface area is 69.2 Å². The summed E-state index contributed by atoms with van der Waals surface area (Å²) in [6.07, 6.45) is 0.519. The molecule has 0 saturated heterocycles. The molecule has 0 N–H and O–H groups in total. The van der Waals surface area contributed by atoms with Gasteiger partial charge in [0, 0.05) is 12.5 Å². The number of carbonyl (C=O) groups is 1. The predicted molar refractivity (Wildman–Crippen MR) is 43.3 cm³/mol. The molecule has 3 nitrogen and oxygen atoms in total. The average Bonchev–Trinajstić information content (AvgIpc) is 2.50. The molecule has 0 spiro atoms. The summed E-state index contributed by atoms with van der Waals surface area (Å²) in [6.45, 7) is 1.83. The van der Waals surface area contributed by atoms with Crippen LogP contribution in [-0.2, 0) is 0 Å². The Morgan fingerprint density at radius 1 is 1.82 bits per heavy atom. The summed E-state index contributed by atoms with van der Waals surface area (Å²) >= 11 is 1.18. The number of Topliss-reactive ketones (excluding diaryl/α,β-unsaturated/α-hetero) is 1. The highest BCUT2D eigenvalue weighted by Gasteiger charge is 2.07. The van der Waals surface area contributed by atoms with E-state index >= 15 is 0 Å². The molecule has 1 aromatic rings. The van der Waals surface area contributed by atoms with Crippen molar-refractivity contribution in [2.75, 3.05) is 7.11 Å². The van der Waals surface area contributed by atoms with Gasteiger partial charge in [0.2, 0.25) is 5.88 Å². The highest BCUT2D eigenvalue weighted by molar-refractivity contribution is 7.08. The van der Waals surface area contributed by atoms with Crippen molar-refractivity contribution in [3.8, 4) is 5.88 Å². The van der Waals surface area contributed by atoms with E-state index in [0.29, 0.717) is 17.2 Å². The number of hydrogen-bond donors (Lipinski definition) is 0. The van der Waals surface area contributed by atoms with Crippen molar-refractivity contribution in [3.63, 3.8) is 0 Å². The highest BCUT2D eigenvalue weighted by atomic mass is 32.1. The van der Waals surface area contributed by atoms with Crippen LogP contribution in [0.3, 0.4) is 0 Å². The number of methoxy groups -OCH3 is 1. The lowest BCUT2D eigenvalue weighted by Crippen LogP contribution is -1.90. The molecule has 0 unspecified atom stereocenters. The van der Waals surface area contributed by atoms with Gasteiger partial charge in [-0.3, -0.25) is 4.79 Å². The third kappa shape index (κ3) is 1.77. The third-order valence-corrected chi connectivity index (χ3v) is 2.11. The number of rotatable bonds is 3. The zero-order valence-electron chi connectivity index (χ0n) is 6.46. The minimum Gasteiger partial charge on any atom is -0.480 e. The fourth-order valence-electron chi connectivity index (χ4n) is 0.661. The van der Waals surface area contributed by atoms with E-state index in [-0.39, 0.29) is 5.78 Å². The molecule has 0 radical (unpaired) electrons. The van der Waals surface area contributed by atoms with Gasteiger partial charge in [-0.25, -0.2) is 0 Å². The Morgan fingerprint density at radius 2 is 2.55 bits per heavy atom. The number of carbonyl (C=O) groups excluding carboxylic acids is 1. The predicted octanol–water partition coefficient (Wildman–Crippen LogP) is 1.74. The minimum absolute atomic E-state index is 0.116. The van der Waals surface area contributed by atoms with Gasteiger partial charge in [-0.1, -0.05) is 6.92 Å². The molecule has 0 saturated carbocycles. The standard InChI is InChI=1S/C7H9NO2S/c1-3-5(9)6-4-7(10-2)8-11-6/h4H,3H2,1-2H3. The summed E-state index contributed by atoms with van der Waals surface area (Å²) in [6, 6.07) is 1.66. The summed E-state index contributed by atoms with van der Waals surface area (Å²) in [5, 5.41) is 0. The molecule has 0 amide bonds. The van der Waals surface area contributed by atoms with Crippen molar-refractivity contribution in [1.29, 1.82) is 0 Å². The average molecular weight is 171 g/mol. The van der Waals surface area contributed by atoms with Gasteiger partial charge >= 0.3 is 0 Å². The van der Waals surface area contributed by atoms with E-state index in [9.17, 15) is 4.79 Å². The Kier molecular flexibility index (Phi) is 2.59. The van der Waals surface area contributed by atoms with Gasteiger partial charge < -0.3 is 4.74 Å². The molecule has 1 heterocycles. The highest BCUT2D eigenvalue weighted by Crippen LogP contribution is 2.17. The maximum atomic E-state index is 11.1. The zero-order chi connectivity index (χ0) is 8.27. The zero-order valence-corrected chi connectivity index (χ0v) is 7.27. The van der Waals surface area contributed by atoms with Crippen molar-refractivity contribution >= 4 is 17.3 Å². The van der Waals surface area contributed by atoms with E-state index in [2.05, 4.69) is 4.37 Å². The molecule has 1 rings (SSSR count). The first-order chi connectivity index (χ1) is 5.27. The monoisotopic (exact) mass is 171 g/mol. The maximum Gasteiger partial charge on any atom is 0.225 e. The summed E-state index contributed by atoms with van der Waals surface area (Å²) in [5.41, 5.74) is 0. The summed E-state index contributed by atoms with van der Waals surface area (Å²) in [4.78, 5) is 11.7. The van der Waals surface area contributed by atoms with Crippen molar-refractivity contribution in [3.05, 3.63) is 10.9 Å². The van der Waals surface area contributed by atoms with Gasteiger partial charge in [0.15, 0.2) is 5.78 Å².